The highest BCUT2D eigenvalue weighted by Crippen LogP contribution is 2.18. The van der Waals surface area contributed by atoms with Crippen LogP contribution in [0.1, 0.15) is 197 Å². The molecule has 0 atom stereocenters. The Morgan fingerprint density at radius 3 is 0.838 bits per heavy atom. The van der Waals surface area contributed by atoms with Gasteiger partial charge in [-0.05, 0) is 43.7 Å². The molecule has 0 unspecified atom stereocenters. The lowest BCUT2D eigenvalue weighted by Gasteiger charge is -2.09. The Labute approximate surface area is 235 Å². The van der Waals surface area contributed by atoms with E-state index >= 15 is 0 Å². The molecule has 0 heteroatoms. The van der Waals surface area contributed by atoms with E-state index in [4.69, 9.17) is 0 Å². The van der Waals surface area contributed by atoms with Gasteiger partial charge in [0.1, 0.15) is 0 Å². The number of rotatable bonds is 28. The van der Waals surface area contributed by atoms with E-state index < -0.39 is 0 Å². The predicted molar refractivity (Wildman–Crippen MR) is 170 cm³/mol. The van der Waals surface area contributed by atoms with E-state index in [1.54, 1.807) is 11.1 Å². The van der Waals surface area contributed by atoms with E-state index in [0.717, 1.165) is 0 Å². The van der Waals surface area contributed by atoms with Gasteiger partial charge in [-0.1, -0.05) is 192 Å². The third-order valence-electron chi connectivity index (χ3n) is 8.33. The monoisotopic (exact) mass is 513 g/mol. The first-order valence-electron chi connectivity index (χ1n) is 17.4. The SMILES string of the molecule is CCCCCCCCCCCCCCCc1cc(C)cc(CCCCCCCCCCCCCCC)c1. The summed E-state index contributed by atoms with van der Waals surface area (Å²) in [6.45, 7) is 6.90. The zero-order valence-corrected chi connectivity index (χ0v) is 26.0. The minimum Gasteiger partial charge on any atom is -0.0654 e. The topological polar surface area (TPSA) is 0 Å². The van der Waals surface area contributed by atoms with Crippen molar-refractivity contribution in [2.45, 2.75) is 201 Å². The number of aryl methyl sites for hydroxylation is 3. The highest BCUT2D eigenvalue weighted by atomic mass is 14.1. The largest absolute Gasteiger partial charge is 0.0654 e. The van der Waals surface area contributed by atoms with Gasteiger partial charge in [0, 0.05) is 0 Å². The highest BCUT2D eigenvalue weighted by Gasteiger charge is 2.01. The van der Waals surface area contributed by atoms with Crippen molar-refractivity contribution in [2.24, 2.45) is 0 Å². The van der Waals surface area contributed by atoms with Crippen molar-refractivity contribution in [3.05, 3.63) is 34.9 Å². The van der Waals surface area contributed by atoms with Crippen LogP contribution in [-0.4, -0.2) is 0 Å². The summed E-state index contributed by atoms with van der Waals surface area (Å²) in [5, 5.41) is 0. The van der Waals surface area contributed by atoms with Gasteiger partial charge in [0.15, 0.2) is 0 Å². The second-order valence-corrected chi connectivity index (χ2v) is 12.3. The Balaban J connectivity index is 1.97. The zero-order chi connectivity index (χ0) is 26.7. The first kappa shape index (κ1) is 34.2. The fourth-order valence-corrected chi connectivity index (χ4v) is 5.93. The van der Waals surface area contributed by atoms with Crippen molar-refractivity contribution in [2.75, 3.05) is 0 Å². The van der Waals surface area contributed by atoms with E-state index in [1.165, 1.54) is 185 Å². The highest BCUT2D eigenvalue weighted by molar-refractivity contribution is 5.29. The Hall–Kier alpha value is -0.780. The van der Waals surface area contributed by atoms with Crippen LogP contribution in [0.25, 0.3) is 0 Å². The molecule has 0 saturated heterocycles. The third kappa shape index (κ3) is 22.9. The van der Waals surface area contributed by atoms with E-state index in [9.17, 15) is 0 Å². The minimum atomic E-state index is 1.28. The van der Waals surface area contributed by atoms with Crippen LogP contribution in [0.4, 0.5) is 0 Å². The van der Waals surface area contributed by atoms with E-state index in [-0.39, 0.29) is 0 Å². The number of unbranched alkanes of at least 4 members (excludes halogenated alkanes) is 24. The van der Waals surface area contributed by atoms with Crippen LogP contribution < -0.4 is 0 Å². The summed E-state index contributed by atoms with van der Waals surface area (Å²) in [6.07, 6.45) is 40.0. The second kappa shape index (κ2) is 26.8. The van der Waals surface area contributed by atoms with Crippen LogP contribution in [0, 0.1) is 6.92 Å². The van der Waals surface area contributed by atoms with Crippen molar-refractivity contribution >= 4 is 0 Å². The lowest BCUT2D eigenvalue weighted by Crippen LogP contribution is -1.93. The van der Waals surface area contributed by atoms with Crippen molar-refractivity contribution in [1.29, 1.82) is 0 Å². The predicted octanol–water partition coefficient (Wildman–Crippen LogP) is 13.3. The molecule has 0 heterocycles. The molecular formula is C37H68. The maximum atomic E-state index is 2.52. The van der Waals surface area contributed by atoms with Gasteiger partial charge in [-0.15, -0.1) is 0 Å². The Bertz CT molecular complexity index is 537. The van der Waals surface area contributed by atoms with Crippen molar-refractivity contribution < 1.29 is 0 Å². The minimum absolute atomic E-state index is 1.28. The molecule has 0 bridgehead atoms. The molecule has 0 spiro atoms. The molecule has 0 fully saturated rings. The van der Waals surface area contributed by atoms with Gasteiger partial charge in [0.05, 0.1) is 0 Å². The first-order valence-corrected chi connectivity index (χ1v) is 17.4. The van der Waals surface area contributed by atoms with Crippen molar-refractivity contribution in [1.82, 2.24) is 0 Å². The van der Waals surface area contributed by atoms with Gasteiger partial charge >= 0.3 is 0 Å². The average molecular weight is 513 g/mol. The number of benzene rings is 1. The number of hydrogen-bond acceptors (Lipinski definition) is 0. The lowest BCUT2D eigenvalue weighted by atomic mass is 9.97. The molecule has 0 aliphatic heterocycles. The average Bonchev–Trinajstić information content (AvgIpc) is 2.89. The first-order chi connectivity index (χ1) is 18.3. The van der Waals surface area contributed by atoms with Crippen molar-refractivity contribution in [3.63, 3.8) is 0 Å². The molecular weight excluding hydrogens is 444 g/mol. The van der Waals surface area contributed by atoms with E-state index in [2.05, 4.69) is 39.0 Å². The zero-order valence-electron chi connectivity index (χ0n) is 26.0. The fraction of sp³-hybridized carbons (Fsp3) is 0.838. The molecule has 1 aromatic carbocycles. The summed E-state index contributed by atoms with van der Waals surface area (Å²) in [6, 6.07) is 7.40. The number of hydrogen-bond donors (Lipinski definition) is 0. The lowest BCUT2D eigenvalue weighted by molar-refractivity contribution is 0.539. The Morgan fingerprint density at radius 1 is 0.324 bits per heavy atom. The second-order valence-electron chi connectivity index (χ2n) is 12.3. The Morgan fingerprint density at radius 2 is 0.568 bits per heavy atom. The van der Waals surface area contributed by atoms with Crippen LogP contribution >= 0.6 is 0 Å². The summed E-state index contributed by atoms with van der Waals surface area (Å²) in [5.41, 5.74) is 4.65. The molecule has 0 aliphatic rings. The van der Waals surface area contributed by atoms with Gasteiger partial charge in [-0.25, -0.2) is 0 Å². The Kier molecular flexibility index (Phi) is 24.8. The van der Waals surface area contributed by atoms with Crippen LogP contribution in [0.5, 0.6) is 0 Å². The fourth-order valence-electron chi connectivity index (χ4n) is 5.93. The molecule has 0 N–H and O–H groups in total. The van der Waals surface area contributed by atoms with Crippen LogP contribution in [0.15, 0.2) is 18.2 Å². The molecule has 0 aliphatic carbocycles. The summed E-state index contributed by atoms with van der Waals surface area (Å²) in [7, 11) is 0. The molecule has 0 amide bonds. The summed E-state index contributed by atoms with van der Waals surface area (Å²) >= 11 is 0. The molecule has 37 heavy (non-hydrogen) atoms. The molecule has 216 valence electrons. The molecule has 1 aromatic rings. The standard InChI is InChI=1S/C37H68/c1-4-6-8-10-12-14-16-18-20-22-24-26-28-30-36-32-35(3)33-37(34-36)31-29-27-25-23-21-19-17-15-13-11-9-7-5-2/h32-34H,4-31H2,1-3H3. The van der Waals surface area contributed by atoms with Crippen LogP contribution in [0.3, 0.4) is 0 Å². The van der Waals surface area contributed by atoms with Crippen LogP contribution in [0.2, 0.25) is 0 Å². The molecule has 0 radical (unpaired) electrons. The summed E-state index contributed by atoms with van der Waals surface area (Å²) < 4.78 is 0. The van der Waals surface area contributed by atoms with Gasteiger partial charge in [0.25, 0.3) is 0 Å². The summed E-state index contributed by atoms with van der Waals surface area (Å²) in [4.78, 5) is 0. The van der Waals surface area contributed by atoms with Crippen LogP contribution in [-0.2, 0) is 12.8 Å². The van der Waals surface area contributed by atoms with E-state index in [1.807, 2.05) is 0 Å². The molecule has 0 nitrogen and oxygen atoms in total. The molecule has 1 rings (SSSR count). The quantitative estimate of drug-likeness (QED) is 0.0979. The molecule has 0 aromatic heterocycles. The smallest absolute Gasteiger partial charge is 0.0279 e. The van der Waals surface area contributed by atoms with E-state index in [0.29, 0.717) is 0 Å². The van der Waals surface area contributed by atoms with Gasteiger partial charge in [0.2, 0.25) is 0 Å². The van der Waals surface area contributed by atoms with Gasteiger partial charge in [-0.2, -0.15) is 0 Å². The normalized spacial score (nSPS) is 11.4. The maximum absolute atomic E-state index is 2.52. The van der Waals surface area contributed by atoms with Crippen molar-refractivity contribution in [3.8, 4) is 0 Å². The third-order valence-corrected chi connectivity index (χ3v) is 8.33. The molecule has 0 saturated carbocycles. The van der Waals surface area contributed by atoms with Gasteiger partial charge < -0.3 is 0 Å². The van der Waals surface area contributed by atoms with Gasteiger partial charge in [-0.3, -0.25) is 0 Å². The maximum Gasteiger partial charge on any atom is -0.0279 e. The summed E-state index contributed by atoms with van der Waals surface area (Å²) in [5.74, 6) is 0.